The number of nitrogens with one attached hydrogen (secondary N) is 2. The molecule has 39 heavy (non-hydrogen) atoms. The topological polar surface area (TPSA) is 100 Å². The normalized spacial score (nSPS) is 34.8. The molecule has 0 saturated carbocycles. The zero-order chi connectivity index (χ0) is 27.5. The number of nitrogens with zero attached hydrogens (tertiary/aromatic N) is 3. The van der Waals surface area contributed by atoms with Crippen LogP contribution < -0.4 is 5.32 Å². The Balaban J connectivity index is 1.41. The molecule has 0 aliphatic carbocycles. The summed E-state index contributed by atoms with van der Waals surface area (Å²) in [5, 5.41) is 17.6. The van der Waals surface area contributed by atoms with Crippen LogP contribution in [0, 0.1) is 16.7 Å². The summed E-state index contributed by atoms with van der Waals surface area (Å²) in [5.41, 5.74) is 4.71. The third-order valence-corrected chi connectivity index (χ3v) is 10.6. The van der Waals surface area contributed by atoms with E-state index in [1.807, 2.05) is 24.4 Å². The lowest BCUT2D eigenvalue weighted by atomic mass is 9.69. The molecule has 4 aliphatic heterocycles. The fourth-order valence-electron chi connectivity index (χ4n) is 7.61. The van der Waals surface area contributed by atoms with E-state index >= 15 is 0 Å². The summed E-state index contributed by atoms with van der Waals surface area (Å²) in [6.07, 6.45) is 12.8. The number of aromatic nitrogens is 2. The number of sulfone groups is 1. The molecule has 1 aromatic carbocycles. The molecule has 2 N–H and O–H groups in total. The highest BCUT2D eigenvalue weighted by atomic mass is 32.2. The summed E-state index contributed by atoms with van der Waals surface area (Å²) in [4.78, 5) is 5.09. The Hall–Kier alpha value is -2.84. The average molecular weight is 546 g/mol. The number of dihydropyridines is 1. The molecule has 5 atom stereocenters. The first-order chi connectivity index (χ1) is 18.5. The van der Waals surface area contributed by atoms with Crippen molar-refractivity contribution in [3.63, 3.8) is 0 Å². The maximum absolute atomic E-state index is 13.4. The van der Waals surface area contributed by atoms with Crippen LogP contribution in [0.4, 0.5) is 0 Å². The Morgan fingerprint density at radius 1 is 1.08 bits per heavy atom. The number of aliphatic imine (C=N–C) groups is 1. The van der Waals surface area contributed by atoms with Crippen molar-refractivity contribution in [2.75, 3.05) is 6.26 Å². The van der Waals surface area contributed by atoms with Crippen molar-refractivity contribution in [2.24, 2.45) is 16.3 Å². The highest BCUT2D eigenvalue weighted by Crippen LogP contribution is 2.50. The van der Waals surface area contributed by atoms with Crippen molar-refractivity contribution >= 4 is 27.5 Å². The van der Waals surface area contributed by atoms with Crippen molar-refractivity contribution in [2.45, 2.75) is 83.3 Å². The second kappa shape index (κ2) is 9.66. The Morgan fingerprint density at radius 2 is 1.77 bits per heavy atom. The highest BCUT2D eigenvalue weighted by Gasteiger charge is 2.46. The second-order valence-electron chi connectivity index (χ2n) is 12.4. The number of hydrogen-bond donors (Lipinski definition) is 2. The molecule has 2 saturated heterocycles. The Labute approximate surface area is 231 Å². The maximum atomic E-state index is 13.4. The van der Waals surface area contributed by atoms with Gasteiger partial charge in [-0.1, -0.05) is 57.2 Å². The van der Waals surface area contributed by atoms with Gasteiger partial charge in [0.05, 0.1) is 17.9 Å². The van der Waals surface area contributed by atoms with Crippen molar-refractivity contribution in [1.82, 2.24) is 15.1 Å². The van der Waals surface area contributed by atoms with Crippen LogP contribution in [-0.4, -0.2) is 48.6 Å². The van der Waals surface area contributed by atoms with Crippen LogP contribution in [0.15, 0.2) is 58.1 Å². The summed E-state index contributed by atoms with van der Waals surface area (Å²) in [6, 6.07) is 11.2. The van der Waals surface area contributed by atoms with E-state index in [2.05, 4.69) is 49.4 Å². The van der Waals surface area contributed by atoms with Crippen molar-refractivity contribution in [1.29, 1.82) is 5.41 Å². The van der Waals surface area contributed by atoms with Gasteiger partial charge in [0, 0.05) is 36.0 Å². The molecule has 2 bridgehead atoms. The fourth-order valence-corrected chi connectivity index (χ4v) is 8.85. The van der Waals surface area contributed by atoms with Gasteiger partial charge in [0.15, 0.2) is 15.7 Å². The minimum atomic E-state index is -3.66. The monoisotopic (exact) mass is 545 g/mol. The molecule has 5 heterocycles. The van der Waals surface area contributed by atoms with E-state index in [1.165, 1.54) is 11.8 Å². The van der Waals surface area contributed by atoms with Gasteiger partial charge in [-0.25, -0.2) is 13.1 Å². The molecule has 1 aromatic heterocycles. The lowest BCUT2D eigenvalue weighted by Crippen LogP contribution is -2.45. The highest BCUT2D eigenvalue weighted by molar-refractivity contribution is 7.95. The zero-order valence-electron chi connectivity index (χ0n) is 23.3. The Bertz CT molecular complexity index is 1490. The minimum absolute atomic E-state index is 0.0176. The van der Waals surface area contributed by atoms with E-state index in [0.717, 1.165) is 54.5 Å². The fraction of sp³-hybridized carbons (Fsp3) is 0.516. The van der Waals surface area contributed by atoms with Gasteiger partial charge in [0.2, 0.25) is 0 Å². The first-order valence-corrected chi connectivity index (χ1v) is 16.1. The lowest BCUT2D eigenvalue weighted by Gasteiger charge is -2.42. The van der Waals surface area contributed by atoms with Crippen LogP contribution in [0.3, 0.4) is 0 Å². The van der Waals surface area contributed by atoms with E-state index < -0.39 is 9.84 Å². The zero-order valence-corrected chi connectivity index (χ0v) is 24.1. The van der Waals surface area contributed by atoms with Crippen molar-refractivity contribution < 1.29 is 8.42 Å². The van der Waals surface area contributed by atoms with E-state index in [9.17, 15) is 13.8 Å². The van der Waals surface area contributed by atoms with Gasteiger partial charge in [-0.05, 0) is 66.6 Å². The third kappa shape index (κ3) is 4.65. The summed E-state index contributed by atoms with van der Waals surface area (Å²) in [5.74, 6) is 0.285. The molecule has 4 aliphatic rings. The molecule has 0 radical (unpaired) electrons. The molecule has 2 fully saturated rings. The molecule has 206 valence electrons. The van der Waals surface area contributed by atoms with Crippen LogP contribution in [0.5, 0.6) is 0 Å². The number of fused-ring (bicyclic) bond motifs is 3. The van der Waals surface area contributed by atoms with E-state index in [0.29, 0.717) is 18.5 Å². The van der Waals surface area contributed by atoms with Gasteiger partial charge < -0.3 is 5.32 Å². The van der Waals surface area contributed by atoms with Gasteiger partial charge in [-0.3, -0.25) is 10.4 Å². The van der Waals surface area contributed by atoms with Crippen LogP contribution in [0.25, 0.3) is 5.57 Å². The quantitative estimate of drug-likeness (QED) is 0.517. The van der Waals surface area contributed by atoms with Crippen LogP contribution in [0.1, 0.15) is 88.1 Å². The van der Waals surface area contributed by atoms with Crippen molar-refractivity contribution in [3.05, 3.63) is 69.9 Å². The first-order valence-electron chi connectivity index (χ1n) is 14.2. The Morgan fingerprint density at radius 3 is 2.41 bits per heavy atom. The SMILES string of the molecule is CC1CC/C(C2(C)CC3CCC(C2)N3)=C(/S(C)(=O)=O)C(=N)n2ncc(C3=CC(C)C(c4ccccc4)N=C3)c21. The number of allylic oxidation sites excluding steroid dienone is 3. The molecule has 8 heteroatoms. The van der Waals surface area contributed by atoms with E-state index in [1.54, 1.807) is 10.9 Å². The number of piperidine rings is 1. The van der Waals surface area contributed by atoms with E-state index in [4.69, 9.17) is 4.99 Å². The van der Waals surface area contributed by atoms with Gasteiger partial charge in [0.25, 0.3) is 0 Å². The maximum Gasteiger partial charge on any atom is 0.179 e. The molecule has 0 amide bonds. The molecule has 2 aromatic rings. The third-order valence-electron chi connectivity index (χ3n) is 9.40. The molecular weight excluding hydrogens is 506 g/mol. The Kier molecular flexibility index (Phi) is 6.54. The van der Waals surface area contributed by atoms with E-state index in [-0.39, 0.29) is 34.0 Å². The number of rotatable bonds is 4. The van der Waals surface area contributed by atoms with Gasteiger partial charge in [-0.2, -0.15) is 5.10 Å². The first kappa shape index (κ1) is 26.4. The summed E-state index contributed by atoms with van der Waals surface area (Å²) < 4.78 is 28.3. The predicted molar refractivity (Wildman–Crippen MR) is 157 cm³/mol. The predicted octanol–water partition coefficient (Wildman–Crippen LogP) is 5.67. The number of hydrogen-bond acceptors (Lipinski definition) is 6. The lowest BCUT2D eigenvalue weighted by molar-refractivity contribution is 0.217. The molecule has 7 nitrogen and oxygen atoms in total. The smallest absolute Gasteiger partial charge is 0.179 e. The summed E-state index contributed by atoms with van der Waals surface area (Å²) in [6.45, 7) is 6.58. The standard InChI is InChI=1S/C31H39N5O2S/c1-19-10-13-26(31(3)15-23-11-12-24(16-31)35-23)29(39(4,37)38)30(32)36-28(19)25(18-34-36)22-14-20(2)27(33-17-22)21-8-6-5-7-9-21/h5-9,14,17-20,23-24,27,32,35H,10-13,15-16H2,1-4H3/b29-26-,32-30?. The minimum Gasteiger partial charge on any atom is -0.311 e. The molecule has 6 rings (SSSR count). The molecule has 0 spiro atoms. The average Bonchev–Trinajstić information content (AvgIpc) is 3.48. The second-order valence-corrected chi connectivity index (χ2v) is 14.4. The molecular formula is C31H39N5O2S. The largest absolute Gasteiger partial charge is 0.311 e. The van der Waals surface area contributed by atoms with Crippen LogP contribution in [-0.2, 0) is 9.84 Å². The van der Waals surface area contributed by atoms with Crippen LogP contribution >= 0.6 is 0 Å². The number of benzene rings is 1. The summed E-state index contributed by atoms with van der Waals surface area (Å²) in [7, 11) is -3.66. The molecule has 5 unspecified atom stereocenters. The van der Waals surface area contributed by atoms with Gasteiger partial charge >= 0.3 is 0 Å². The van der Waals surface area contributed by atoms with Gasteiger partial charge in [0.1, 0.15) is 4.91 Å². The van der Waals surface area contributed by atoms with Gasteiger partial charge in [-0.15, -0.1) is 0 Å². The summed E-state index contributed by atoms with van der Waals surface area (Å²) >= 11 is 0. The van der Waals surface area contributed by atoms with Crippen LogP contribution in [0.2, 0.25) is 0 Å². The van der Waals surface area contributed by atoms with Crippen molar-refractivity contribution in [3.8, 4) is 0 Å².